The van der Waals surface area contributed by atoms with Gasteiger partial charge in [0.1, 0.15) is 11.5 Å². The summed E-state index contributed by atoms with van der Waals surface area (Å²) in [6, 6.07) is 11.0. The first-order chi connectivity index (χ1) is 9.28. The van der Waals surface area contributed by atoms with Crippen LogP contribution in [-0.2, 0) is 10.5 Å². The van der Waals surface area contributed by atoms with E-state index in [2.05, 4.69) is 5.32 Å². The molecule has 1 heterocycles. The van der Waals surface area contributed by atoms with Crippen LogP contribution in [0.4, 0.5) is 5.69 Å². The maximum absolute atomic E-state index is 11.7. The van der Waals surface area contributed by atoms with Gasteiger partial charge in [0, 0.05) is 5.69 Å². The van der Waals surface area contributed by atoms with Crippen LogP contribution in [0.2, 0.25) is 0 Å². The van der Waals surface area contributed by atoms with Crippen molar-refractivity contribution in [2.45, 2.75) is 5.75 Å². The fourth-order valence-corrected chi connectivity index (χ4v) is 2.24. The van der Waals surface area contributed by atoms with Crippen LogP contribution >= 0.6 is 11.8 Å². The van der Waals surface area contributed by atoms with Gasteiger partial charge in [0.15, 0.2) is 0 Å². The molecule has 1 amide bonds. The Labute approximate surface area is 116 Å². The van der Waals surface area contributed by atoms with Gasteiger partial charge in [-0.25, -0.2) is 0 Å². The van der Waals surface area contributed by atoms with Crippen LogP contribution in [0.25, 0.3) is 0 Å². The van der Waals surface area contributed by atoms with E-state index in [0.717, 1.165) is 17.2 Å². The predicted molar refractivity (Wildman–Crippen MR) is 76.5 cm³/mol. The maximum atomic E-state index is 11.7. The monoisotopic (exact) mass is 277 g/mol. The molecule has 0 aliphatic rings. The molecular formula is C14H15NO3S. The smallest absolute Gasteiger partial charge is 0.234 e. The fraction of sp³-hybridized carbons (Fsp3) is 0.214. The van der Waals surface area contributed by atoms with Crippen LogP contribution in [0.1, 0.15) is 5.76 Å². The second kappa shape index (κ2) is 6.89. The highest BCUT2D eigenvalue weighted by Gasteiger charge is 2.04. The van der Waals surface area contributed by atoms with Gasteiger partial charge in [-0.3, -0.25) is 4.79 Å². The summed E-state index contributed by atoms with van der Waals surface area (Å²) in [6.07, 6.45) is 1.63. The van der Waals surface area contributed by atoms with Gasteiger partial charge in [-0.15, -0.1) is 11.8 Å². The number of anilines is 1. The molecule has 2 rings (SSSR count). The Kier molecular flexibility index (Phi) is 4.92. The molecule has 4 nitrogen and oxygen atoms in total. The van der Waals surface area contributed by atoms with Crippen molar-refractivity contribution >= 4 is 23.4 Å². The van der Waals surface area contributed by atoms with E-state index in [4.69, 9.17) is 9.15 Å². The van der Waals surface area contributed by atoms with Crippen molar-refractivity contribution in [1.29, 1.82) is 0 Å². The van der Waals surface area contributed by atoms with Gasteiger partial charge >= 0.3 is 0 Å². The van der Waals surface area contributed by atoms with E-state index in [1.54, 1.807) is 13.4 Å². The summed E-state index contributed by atoms with van der Waals surface area (Å²) in [5, 5.41) is 2.83. The van der Waals surface area contributed by atoms with Gasteiger partial charge in [0.2, 0.25) is 5.91 Å². The number of benzene rings is 1. The molecule has 5 heteroatoms. The number of ether oxygens (including phenoxy) is 1. The van der Waals surface area contributed by atoms with E-state index in [9.17, 15) is 4.79 Å². The van der Waals surface area contributed by atoms with Crippen molar-refractivity contribution in [3.8, 4) is 5.75 Å². The molecule has 19 heavy (non-hydrogen) atoms. The number of hydrogen-bond donors (Lipinski definition) is 1. The number of carbonyl (C=O) groups is 1. The summed E-state index contributed by atoms with van der Waals surface area (Å²) < 4.78 is 10.2. The third-order valence-corrected chi connectivity index (χ3v) is 3.39. The van der Waals surface area contributed by atoms with Crippen molar-refractivity contribution in [3.05, 3.63) is 48.4 Å². The summed E-state index contributed by atoms with van der Waals surface area (Å²) in [4.78, 5) is 11.7. The third-order valence-electron chi connectivity index (χ3n) is 2.43. The van der Waals surface area contributed by atoms with Gasteiger partial charge in [0.05, 0.1) is 24.9 Å². The minimum Gasteiger partial charge on any atom is -0.497 e. The number of furan rings is 1. The summed E-state index contributed by atoms with van der Waals surface area (Å²) >= 11 is 1.52. The lowest BCUT2D eigenvalue weighted by Gasteiger charge is -2.05. The Morgan fingerprint density at radius 3 is 2.74 bits per heavy atom. The van der Waals surface area contributed by atoms with Crippen LogP contribution in [-0.4, -0.2) is 18.8 Å². The standard InChI is InChI=1S/C14H15NO3S/c1-17-12-6-4-11(5-7-12)15-14(16)10-19-9-13-3-2-8-18-13/h2-8H,9-10H2,1H3,(H,15,16). The van der Waals surface area contributed by atoms with Gasteiger partial charge < -0.3 is 14.5 Å². The molecule has 1 N–H and O–H groups in total. The molecule has 0 aliphatic heterocycles. The minimum atomic E-state index is -0.0262. The van der Waals surface area contributed by atoms with Crippen molar-refractivity contribution < 1.29 is 13.9 Å². The minimum absolute atomic E-state index is 0.0262. The lowest BCUT2D eigenvalue weighted by Crippen LogP contribution is -2.14. The zero-order chi connectivity index (χ0) is 13.5. The third kappa shape index (κ3) is 4.37. The highest BCUT2D eigenvalue weighted by atomic mass is 32.2. The normalized spacial score (nSPS) is 10.2. The number of amides is 1. The van der Waals surface area contributed by atoms with Crippen LogP contribution in [0.15, 0.2) is 47.1 Å². The summed E-state index contributed by atoms with van der Waals surface area (Å²) in [5.41, 5.74) is 0.768. The number of methoxy groups -OCH3 is 1. The number of hydrogen-bond acceptors (Lipinski definition) is 4. The van der Waals surface area contributed by atoms with E-state index >= 15 is 0 Å². The molecule has 100 valence electrons. The summed E-state index contributed by atoms with van der Waals surface area (Å²) in [7, 11) is 1.61. The molecule has 1 aromatic heterocycles. The van der Waals surface area contributed by atoms with Crippen LogP contribution in [0.3, 0.4) is 0 Å². The van der Waals surface area contributed by atoms with Gasteiger partial charge in [-0.2, -0.15) is 0 Å². The first-order valence-corrected chi connectivity index (χ1v) is 6.97. The fourth-order valence-electron chi connectivity index (χ4n) is 1.51. The first-order valence-electron chi connectivity index (χ1n) is 5.82. The van der Waals surface area contributed by atoms with E-state index in [1.807, 2.05) is 36.4 Å². The molecule has 0 aliphatic carbocycles. The highest BCUT2D eigenvalue weighted by Crippen LogP contribution is 2.16. The average molecular weight is 277 g/mol. The maximum Gasteiger partial charge on any atom is 0.234 e. The Balaban J connectivity index is 1.74. The Morgan fingerprint density at radius 1 is 1.32 bits per heavy atom. The number of carbonyl (C=O) groups excluding carboxylic acids is 1. The van der Waals surface area contributed by atoms with E-state index in [-0.39, 0.29) is 5.91 Å². The van der Waals surface area contributed by atoms with Gasteiger partial charge in [0.25, 0.3) is 0 Å². The molecule has 0 fully saturated rings. The van der Waals surface area contributed by atoms with Crippen molar-refractivity contribution in [3.63, 3.8) is 0 Å². The van der Waals surface area contributed by atoms with E-state index in [1.165, 1.54) is 11.8 Å². The first kappa shape index (κ1) is 13.5. The summed E-state index contributed by atoms with van der Waals surface area (Å²) in [6.45, 7) is 0. The average Bonchev–Trinajstić information content (AvgIpc) is 2.93. The number of nitrogens with one attached hydrogen (secondary N) is 1. The molecule has 1 aromatic carbocycles. The quantitative estimate of drug-likeness (QED) is 0.881. The lowest BCUT2D eigenvalue weighted by atomic mass is 10.3. The lowest BCUT2D eigenvalue weighted by molar-refractivity contribution is -0.113. The van der Waals surface area contributed by atoms with Crippen molar-refractivity contribution in [2.24, 2.45) is 0 Å². The number of rotatable bonds is 6. The molecule has 0 atom stereocenters. The Bertz CT molecular complexity index is 508. The second-order valence-electron chi connectivity index (χ2n) is 3.85. The topological polar surface area (TPSA) is 51.5 Å². The predicted octanol–water partition coefficient (Wildman–Crippen LogP) is 3.16. The van der Waals surface area contributed by atoms with Crippen molar-refractivity contribution in [1.82, 2.24) is 0 Å². The van der Waals surface area contributed by atoms with Crippen LogP contribution in [0.5, 0.6) is 5.75 Å². The van der Waals surface area contributed by atoms with E-state index in [0.29, 0.717) is 11.5 Å². The van der Waals surface area contributed by atoms with Gasteiger partial charge in [-0.05, 0) is 36.4 Å². The zero-order valence-corrected chi connectivity index (χ0v) is 11.4. The Hall–Kier alpha value is -1.88. The highest BCUT2D eigenvalue weighted by molar-refractivity contribution is 7.99. The van der Waals surface area contributed by atoms with Crippen molar-refractivity contribution in [2.75, 3.05) is 18.2 Å². The SMILES string of the molecule is COc1ccc(NC(=O)CSCc2ccco2)cc1. The largest absolute Gasteiger partial charge is 0.497 e. The second-order valence-corrected chi connectivity index (χ2v) is 4.83. The van der Waals surface area contributed by atoms with Gasteiger partial charge in [-0.1, -0.05) is 0 Å². The molecule has 2 aromatic rings. The molecule has 0 radical (unpaired) electrons. The molecule has 0 unspecified atom stereocenters. The molecular weight excluding hydrogens is 262 g/mol. The zero-order valence-electron chi connectivity index (χ0n) is 10.6. The molecule has 0 bridgehead atoms. The number of thioether (sulfide) groups is 1. The van der Waals surface area contributed by atoms with Crippen LogP contribution in [0, 0.1) is 0 Å². The molecule has 0 spiro atoms. The molecule has 0 saturated carbocycles. The molecule has 0 saturated heterocycles. The van der Waals surface area contributed by atoms with E-state index < -0.39 is 0 Å². The summed E-state index contributed by atoms with van der Waals surface area (Å²) in [5.74, 6) is 2.71. The van der Waals surface area contributed by atoms with Crippen LogP contribution < -0.4 is 10.1 Å². The Morgan fingerprint density at radius 2 is 2.11 bits per heavy atom.